The lowest BCUT2D eigenvalue weighted by Crippen LogP contribution is -2.55. The summed E-state index contributed by atoms with van der Waals surface area (Å²) in [6.45, 7) is 4.44. The van der Waals surface area contributed by atoms with E-state index in [2.05, 4.69) is 15.6 Å². The van der Waals surface area contributed by atoms with Gasteiger partial charge in [-0.3, -0.25) is 19.4 Å². The highest BCUT2D eigenvalue weighted by Crippen LogP contribution is 2.29. The van der Waals surface area contributed by atoms with E-state index in [1.54, 1.807) is 6.20 Å². The average Bonchev–Trinajstić information content (AvgIpc) is 3.00. The van der Waals surface area contributed by atoms with Crippen LogP contribution in [0.2, 0.25) is 0 Å². The second-order valence-electron chi connectivity index (χ2n) is 12.0. The first-order chi connectivity index (χ1) is 21.7. The third-order valence-electron chi connectivity index (χ3n) is 8.03. The van der Waals surface area contributed by atoms with Gasteiger partial charge in [0, 0.05) is 31.1 Å². The van der Waals surface area contributed by atoms with Gasteiger partial charge < -0.3 is 32.3 Å². The summed E-state index contributed by atoms with van der Waals surface area (Å²) in [5, 5.41) is 6.31. The van der Waals surface area contributed by atoms with Crippen LogP contribution >= 0.6 is 0 Å². The predicted octanol–water partition coefficient (Wildman–Crippen LogP) is 2.07. The third kappa shape index (κ3) is 10.9. The maximum atomic E-state index is 13.7. The Kier molecular flexibility index (Phi) is 13.2. The van der Waals surface area contributed by atoms with E-state index in [0.29, 0.717) is 54.8 Å². The molecular formula is C33H45F3N7O3+. The van der Waals surface area contributed by atoms with Crippen LogP contribution in [0.3, 0.4) is 0 Å². The van der Waals surface area contributed by atoms with Gasteiger partial charge in [-0.25, -0.2) is 0 Å². The Hall–Kier alpha value is -3.91. The molecule has 0 aliphatic rings. The number of alkyl halides is 3. The fraction of sp³-hybridized carbons (Fsp3) is 0.455. The molecule has 0 saturated carbocycles. The number of hydrogen-bond donors (Lipinski definition) is 5. The number of Topliss-reactive ketones (excluding diaryl/α,β-unsaturated/α-hetero) is 1. The number of fused-ring (bicyclic) bond motifs is 1. The van der Waals surface area contributed by atoms with Gasteiger partial charge in [0.05, 0.1) is 49.8 Å². The summed E-state index contributed by atoms with van der Waals surface area (Å²) in [7, 11) is 2.02. The first-order valence-electron chi connectivity index (χ1n) is 15.4. The number of aromatic nitrogens is 1. The van der Waals surface area contributed by atoms with Gasteiger partial charge in [-0.2, -0.15) is 13.2 Å². The first kappa shape index (κ1) is 36.6. The molecule has 13 heteroatoms. The maximum absolute atomic E-state index is 13.7. The molecule has 3 atom stereocenters. The lowest BCUT2D eigenvalue weighted by atomic mass is 9.96. The number of nitrogens with zero attached hydrogens (tertiary/aromatic N) is 2. The zero-order valence-corrected chi connectivity index (χ0v) is 26.4. The van der Waals surface area contributed by atoms with Crippen molar-refractivity contribution in [2.45, 2.75) is 56.9 Å². The van der Waals surface area contributed by atoms with Gasteiger partial charge in [0.25, 0.3) is 0 Å². The molecule has 0 unspecified atom stereocenters. The summed E-state index contributed by atoms with van der Waals surface area (Å²) in [5.41, 5.74) is 18.3. The van der Waals surface area contributed by atoms with E-state index in [1.807, 2.05) is 37.4 Å². The molecule has 8 N–H and O–H groups in total. The number of quaternary nitrogens is 1. The molecule has 1 aromatic heterocycles. The minimum Gasteiger partial charge on any atom is -0.344 e. The van der Waals surface area contributed by atoms with E-state index in [9.17, 15) is 27.6 Å². The second-order valence-corrected chi connectivity index (χ2v) is 12.0. The maximum Gasteiger partial charge on any atom is 0.416 e. The number of pyridine rings is 1. The molecule has 3 rings (SSSR count). The molecule has 2 amide bonds. The molecule has 0 aliphatic carbocycles. The summed E-state index contributed by atoms with van der Waals surface area (Å²) in [6, 6.07) is 10.7. The van der Waals surface area contributed by atoms with Gasteiger partial charge in [-0.1, -0.05) is 30.3 Å². The van der Waals surface area contributed by atoms with E-state index in [4.69, 9.17) is 17.2 Å². The Bertz CT molecular complexity index is 1460. The molecule has 0 spiro atoms. The van der Waals surface area contributed by atoms with Crippen molar-refractivity contribution in [1.82, 2.24) is 15.6 Å². The molecule has 250 valence electrons. The number of hydrogen-bond acceptors (Lipinski definition) is 7. The Balaban J connectivity index is 1.85. The van der Waals surface area contributed by atoms with Crippen molar-refractivity contribution in [2.75, 3.05) is 39.8 Å². The molecular weight excluding hydrogens is 599 g/mol. The van der Waals surface area contributed by atoms with Crippen LogP contribution in [0.5, 0.6) is 0 Å². The summed E-state index contributed by atoms with van der Waals surface area (Å²) in [6.07, 6.45) is -2.27. The van der Waals surface area contributed by atoms with E-state index in [0.717, 1.165) is 23.0 Å². The molecule has 0 saturated heterocycles. The van der Waals surface area contributed by atoms with E-state index in [-0.39, 0.29) is 25.0 Å². The number of para-hydroxylation sites is 1. The second kappa shape index (κ2) is 16.6. The first-order valence-corrected chi connectivity index (χ1v) is 15.4. The standard InChI is InChI=1S/C33H44F3N7O3/c1-22(39)31(45)41-28(8-5-15-43(2,16-13-37)17-14-38)32(46)42-29(19-23-9-11-26(12-10-23)33(34,35)36)30(44)20-24-18-25-6-3-4-7-27(25)40-21-24/h3-4,6-7,9-12,18,21-22,28-29H,5,8,13-17,19-20,37-39H2,1-2H3,(H-,41,42,45,46)/p+1/t22-,28+,29+/m1/s1. The van der Waals surface area contributed by atoms with Crippen LogP contribution in [0.4, 0.5) is 13.2 Å². The largest absolute Gasteiger partial charge is 0.416 e. The number of halogens is 3. The van der Waals surface area contributed by atoms with Crippen molar-refractivity contribution in [3.05, 3.63) is 77.5 Å². The number of nitrogens with one attached hydrogen (secondary N) is 2. The summed E-state index contributed by atoms with van der Waals surface area (Å²) < 4.78 is 40.1. The molecule has 0 fully saturated rings. The van der Waals surface area contributed by atoms with Crippen LogP contribution in [0.1, 0.15) is 36.5 Å². The van der Waals surface area contributed by atoms with Gasteiger partial charge >= 0.3 is 6.18 Å². The van der Waals surface area contributed by atoms with Crippen molar-refractivity contribution in [3.8, 4) is 0 Å². The Morgan fingerprint density at radius 3 is 2.13 bits per heavy atom. The number of likely N-dealkylation sites (N-methyl/N-ethyl adjacent to an activating group) is 1. The number of carbonyl (C=O) groups excluding carboxylic acids is 3. The van der Waals surface area contributed by atoms with Gasteiger partial charge in [0.15, 0.2) is 5.78 Å². The SMILES string of the molecule is C[C@@H](N)C(=O)N[C@@H](CCC[N+](C)(CCN)CCN)C(=O)N[C@@H](Cc1ccc(C(F)(F)F)cc1)C(=O)Cc1cnc2ccccc2c1. The fourth-order valence-corrected chi connectivity index (χ4v) is 5.33. The smallest absolute Gasteiger partial charge is 0.344 e. The molecule has 0 bridgehead atoms. The highest BCUT2D eigenvalue weighted by molar-refractivity contribution is 5.94. The summed E-state index contributed by atoms with van der Waals surface area (Å²) in [5.74, 6) is -1.49. The summed E-state index contributed by atoms with van der Waals surface area (Å²) in [4.78, 5) is 44.4. The van der Waals surface area contributed by atoms with Crippen LogP contribution in [0.25, 0.3) is 10.9 Å². The molecule has 2 aromatic carbocycles. The van der Waals surface area contributed by atoms with E-state index < -0.39 is 41.7 Å². The van der Waals surface area contributed by atoms with Gasteiger partial charge in [0.1, 0.15) is 6.04 Å². The molecule has 1 heterocycles. The third-order valence-corrected chi connectivity index (χ3v) is 8.03. The van der Waals surface area contributed by atoms with Gasteiger partial charge in [-0.05, 0) is 61.6 Å². The molecule has 0 aliphatic heterocycles. The van der Waals surface area contributed by atoms with Crippen LogP contribution in [0.15, 0.2) is 60.8 Å². The van der Waals surface area contributed by atoms with Crippen LogP contribution in [-0.4, -0.2) is 85.0 Å². The lowest BCUT2D eigenvalue weighted by molar-refractivity contribution is -0.907. The number of nitrogens with two attached hydrogens (primary N) is 3. The Morgan fingerprint density at radius 1 is 0.891 bits per heavy atom. The van der Waals surface area contributed by atoms with Crippen molar-refractivity contribution in [1.29, 1.82) is 0 Å². The van der Waals surface area contributed by atoms with Crippen molar-refractivity contribution in [3.63, 3.8) is 0 Å². The van der Waals surface area contributed by atoms with Crippen LogP contribution in [0, 0.1) is 0 Å². The molecule has 46 heavy (non-hydrogen) atoms. The normalized spacial score (nSPS) is 14.0. The minimum absolute atomic E-state index is 0.0559. The van der Waals surface area contributed by atoms with E-state index >= 15 is 0 Å². The average molecular weight is 645 g/mol. The molecule has 3 aromatic rings. The number of carbonyl (C=O) groups is 3. The minimum atomic E-state index is -4.51. The highest BCUT2D eigenvalue weighted by atomic mass is 19.4. The highest BCUT2D eigenvalue weighted by Gasteiger charge is 2.31. The predicted molar refractivity (Wildman–Crippen MR) is 171 cm³/mol. The Labute approximate surface area is 267 Å². The monoisotopic (exact) mass is 644 g/mol. The van der Waals surface area contributed by atoms with Crippen molar-refractivity contribution >= 4 is 28.5 Å². The topological polar surface area (TPSA) is 166 Å². The number of benzene rings is 2. The molecule has 0 radical (unpaired) electrons. The Morgan fingerprint density at radius 2 is 1.52 bits per heavy atom. The number of rotatable bonds is 17. The fourth-order valence-electron chi connectivity index (χ4n) is 5.33. The number of amides is 2. The van der Waals surface area contributed by atoms with Crippen molar-refractivity contribution in [2.24, 2.45) is 17.2 Å². The van der Waals surface area contributed by atoms with E-state index in [1.165, 1.54) is 19.1 Å². The van der Waals surface area contributed by atoms with Crippen molar-refractivity contribution < 1.29 is 32.0 Å². The summed E-state index contributed by atoms with van der Waals surface area (Å²) >= 11 is 0. The molecule has 10 nitrogen and oxygen atoms in total. The zero-order chi connectivity index (χ0) is 33.9. The van der Waals surface area contributed by atoms with Crippen LogP contribution < -0.4 is 27.8 Å². The number of ketones is 1. The van der Waals surface area contributed by atoms with Gasteiger partial charge in [-0.15, -0.1) is 0 Å². The lowest BCUT2D eigenvalue weighted by Gasteiger charge is -2.34. The van der Waals surface area contributed by atoms with Crippen LogP contribution in [-0.2, 0) is 33.4 Å². The van der Waals surface area contributed by atoms with Gasteiger partial charge in [0.2, 0.25) is 11.8 Å². The zero-order valence-electron chi connectivity index (χ0n) is 26.4. The quantitative estimate of drug-likeness (QED) is 0.140.